The zero-order chi connectivity index (χ0) is 11.9. The summed E-state index contributed by atoms with van der Waals surface area (Å²) >= 11 is 0.945. The predicted octanol–water partition coefficient (Wildman–Crippen LogP) is 1.97. The van der Waals surface area contributed by atoms with Gasteiger partial charge >= 0.3 is 0 Å². The van der Waals surface area contributed by atoms with Crippen LogP contribution in [0.5, 0.6) is 0 Å². The Labute approximate surface area is 97.7 Å². The number of imide groups is 1. The van der Waals surface area contributed by atoms with E-state index in [2.05, 4.69) is 5.32 Å². The fraction of sp³-hybridized carbons (Fsp3) is 0.273. The number of hydrogen-bond acceptors (Lipinski definition) is 3. The second-order valence-electron chi connectivity index (χ2n) is 3.74. The number of thioether (sulfide) groups is 1. The summed E-state index contributed by atoms with van der Waals surface area (Å²) in [5.41, 5.74) is 3.18. The highest BCUT2D eigenvalue weighted by molar-refractivity contribution is 8.18. The van der Waals surface area contributed by atoms with Crippen molar-refractivity contribution < 1.29 is 9.59 Å². The van der Waals surface area contributed by atoms with Crippen LogP contribution in [0.2, 0.25) is 0 Å². The van der Waals surface area contributed by atoms with Crippen molar-refractivity contribution in [3.8, 4) is 0 Å². The molecule has 0 saturated carbocycles. The van der Waals surface area contributed by atoms with E-state index in [-0.39, 0.29) is 11.1 Å². The van der Waals surface area contributed by atoms with Crippen molar-refractivity contribution in [2.24, 2.45) is 7.05 Å². The number of hydrogen-bond donors (Lipinski definition) is 1. The van der Waals surface area contributed by atoms with Gasteiger partial charge in [0, 0.05) is 18.4 Å². The SMILES string of the molecule is Cc1cc(C=C2SC(=O)NC2=O)c(C)n1C. The number of rotatable bonds is 1. The zero-order valence-corrected chi connectivity index (χ0v) is 10.1. The van der Waals surface area contributed by atoms with Crippen LogP contribution in [0.1, 0.15) is 17.0 Å². The molecule has 0 aromatic carbocycles. The van der Waals surface area contributed by atoms with Gasteiger partial charge in [-0.3, -0.25) is 14.9 Å². The van der Waals surface area contributed by atoms with Crippen LogP contribution in [0.3, 0.4) is 0 Å². The molecule has 2 heterocycles. The molecule has 1 saturated heterocycles. The highest BCUT2D eigenvalue weighted by atomic mass is 32.2. The first-order valence-corrected chi connectivity index (χ1v) is 5.68. The summed E-state index contributed by atoms with van der Waals surface area (Å²) in [5.74, 6) is -0.309. The van der Waals surface area contributed by atoms with Gasteiger partial charge in [-0.05, 0) is 43.3 Å². The van der Waals surface area contributed by atoms with Gasteiger partial charge in [0.15, 0.2) is 0 Å². The summed E-state index contributed by atoms with van der Waals surface area (Å²) in [6.07, 6.45) is 1.76. The van der Waals surface area contributed by atoms with Crippen molar-refractivity contribution in [3.05, 3.63) is 27.9 Å². The van der Waals surface area contributed by atoms with Crippen molar-refractivity contribution in [2.45, 2.75) is 13.8 Å². The van der Waals surface area contributed by atoms with Crippen LogP contribution in [0.4, 0.5) is 4.79 Å². The molecule has 1 aliphatic rings. The van der Waals surface area contributed by atoms with Crippen LogP contribution in [0.15, 0.2) is 11.0 Å². The number of amides is 2. The summed E-state index contributed by atoms with van der Waals surface area (Å²) in [4.78, 5) is 22.8. The highest BCUT2D eigenvalue weighted by Gasteiger charge is 2.25. The van der Waals surface area contributed by atoms with Gasteiger partial charge in [-0.25, -0.2) is 0 Å². The van der Waals surface area contributed by atoms with Crippen LogP contribution in [0, 0.1) is 13.8 Å². The van der Waals surface area contributed by atoms with E-state index < -0.39 is 0 Å². The minimum atomic E-state index is -0.309. The minimum absolute atomic E-state index is 0.304. The van der Waals surface area contributed by atoms with Gasteiger partial charge in [-0.1, -0.05) is 0 Å². The number of carbonyl (C=O) groups is 2. The van der Waals surface area contributed by atoms with Crippen molar-refractivity contribution in [3.63, 3.8) is 0 Å². The van der Waals surface area contributed by atoms with Gasteiger partial charge in [0.05, 0.1) is 4.91 Å². The molecular formula is C11H12N2O2S. The highest BCUT2D eigenvalue weighted by Crippen LogP contribution is 2.27. The second-order valence-corrected chi connectivity index (χ2v) is 4.75. The summed E-state index contributed by atoms with van der Waals surface area (Å²) in [6.45, 7) is 3.99. The molecule has 4 nitrogen and oxygen atoms in total. The molecule has 1 aromatic rings. The lowest BCUT2D eigenvalue weighted by Gasteiger charge is -1.99. The number of nitrogens with zero attached hydrogens (tertiary/aromatic N) is 1. The van der Waals surface area contributed by atoms with E-state index in [1.54, 1.807) is 6.08 Å². The second kappa shape index (κ2) is 3.83. The molecule has 1 aliphatic heterocycles. The first-order valence-electron chi connectivity index (χ1n) is 4.87. The number of aryl methyl sites for hydroxylation is 1. The Balaban J connectivity index is 2.40. The average molecular weight is 236 g/mol. The van der Waals surface area contributed by atoms with Gasteiger partial charge in [-0.2, -0.15) is 0 Å². The molecule has 5 heteroatoms. The van der Waals surface area contributed by atoms with Gasteiger partial charge < -0.3 is 4.57 Å². The molecule has 0 unspecified atom stereocenters. The molecule has 1 aromatic heterocycles. The molecule has 84 valence electrons. The van der Waals surface area contributed by atoms with Gasteiger partial charge in [0.2, 0.25) is 0 Å². The smallest absolute Gasteiger partial charge is 0.290 e. The molecule has 0 aliphatic carbocycles. The van der Waals surface area contributed by atoms with E-state index in [1.807, 2.05) is 31.5 Å². The Morgan fingerprint density at radius 3 is 2.50 bits per heavy atom. The zero-order valence-electron chi connectivity index (χ0n) is 9.33. The van der Waals surface area contributed by atoms with Crippen LogP contribution in [-0.4, -0.2) is 15.7 Å². The maximum absolute atomic E-state index is 11.4. The average Bonchev–Trinajstić information content (AvgIpc) is 2.64. The normalized spacial score (nSPS) is 18.3. The quantitative estimate of drug-likeness (QED) is 0.758. The molecule has 1 N–H and O–H groups in total. The molecule has 16 heavy (non-hydrogen) atoms. The van der Waals surface area contributed by atoms with Crippen molar-refractivity contribution in [1.82, 2.24) is 9.88 Å². The van der Waals surface area contributed by atoms with Crippen molar-refractivity contribution in [2.75, 3.05) is 0 Å². The van der Waals surface area contributed by atoms with E-state index in [9.17, 15) is 9.59 Å². The maximum Gasteiger partial charge on any atom is 0.290 e. The Hall–Kier alpha value is -1.49. The number of carbonyl (C=O) groups excluding carboxylic acids is 2. The first kappa shape index (κ1) is 11.0. The fourth-order valence-corrected chi connectivity index (χ4v) is 2.27. The van der Waals surface area contributed by atoms with Gasteiger partial charge in [0.25, 0.3) is 11.1 Å². The number of aromatic nitrogens is 1. The van der Waals surface area contributed by atoms with Gasteiger partial charge in [0.1, 0.15) is 0 Å². The molecule has 2 rings (SSSR count). The van der Waals surface area contributed by atoms with E-state index in [4.69, 9.17) is 0 Å². The van der Waals surface area contributed by atoms with E-state index in [0.29, 0.717) is 4.91 Å². The summed E-state index contributed by atoms with van der Waals surface area (Å²) in [5, 5.41) is 1.93. The predicted molar refractivity (Wildman–Crippen MR) is 64.0 cm³/mol. The largest absolute Gasteiger partial charge is 0.352 e. The maximum atomic E-state index is 11.4. The van der Waals surface area contributed by atoms with E-state index >= 15 is 0 Å². The fourth-order valence-electron chi connectivity index (χ4n) is 1.59. The molecular weight excluding hydrogens is 224 g/mol. The Kier molecular flexibility index (Phi) is 2.63. The lowest BCUT2D eigenvalue weighted by molar-refractivity contribution is -0.115. The summed E-state index contributed by atoms with van der Waals surface area (Å²) in [6, 6.07) is 2.00. The van der Waals surface area contributed by atoms with Crippen LogP contribution in [-0.2, 0) is 11.8 Å². The van der Waals surface area contributed by atoms with E-state index in [0.717, 1.165) is 28.7 Å². The molecule has 0 spiro atoms. The number of nitrogens with one attached hydrogen (secondary N) is 1. The molecule has 0 bridgehead atoms. The third kappa shape index (κ3) is 1.78. The summed E-state index contributed by atoms with van der Waals surface area (Å²) in [7, 11) is 1.97. The Morgan fingerprint density at radius 2 is 2.06 bits per heavy atom. The minimum Gasteiger partial charge on any atom is -0.352 e. The lowest BCUT2D eigenvalue weighted by Crippen LogP contribution is -2.17. The van der Waals surface area contributed by atoms with Crippen LogP contribution >= 0.6 is 11.8 Å². The molecule has 0 radical (unpaired) electrons. The standard InChI is InChI=1S/C11H12N2O2S/c1-6-4-8(7(2)13(6)3)5-9-10(14)12-11(15)16-9/h4-5H,1-3H3,(H,12,14,15). The molecule has 2 amide bonds. The lowest BCUT2D eigenvalue weighted by atomic mass is 10.2. The molecule has 0 atom stereocenters. The van der Waals surface area contributed by atoms with Gasteiger partial charge in [-0.15, -0.1) is 0 Å². The summed E-state index contributed by atoms with van der Waals surface area (Å²) < 4.78 is 2.05. The van der Waals surface area contributed by atoms with Crippen LogP contribution in [0.25, 0.3) is 6.08 Å². The Morgan fingerprint density at radius 1 is 1.38 bits per heavy atom. The van der Waals surface area contributed by atoms with Crippen molar-refractivity contribution in [1.29, 1.82) is 0 Å². The Bertz CT molecular complexity index is 514. The van der Waals surface area contributed by atoms with E-state index in [1.165, 1.54) is 0 Å². The van der Waals surface area contributed by atoms with Crippen LogP contribution < -0.4 is 5.32 Å². The van der Waals surface area contributed by atoms with Crippen molar-refractivity contribution >= 4 is 29.0 Å². The first-order chi connectivity index (χ1) is 7.49. The third-order valence-corrected chi connectivity index (χ3v) is 3.55. The topological polar surface area (TPSA) is 51.1 Å². The monoisotopic (exact) mass is 236 g/mol. The third-order valence-electron chi connectivity index (χ3n) is 2.74. The molecule has 1 fully saturated rings.